The predicted octanol–water partition coefficient (Wildman–Crippen LogP) is 3.83. The summed E-state index contributed by atoms with van der Waals surface area (Å²) in [5, 5.41) is 25.0. The van der Waals surface area contributed by atoms with Crippen molar-refractivity contribution < 1.29 is 24.5 Å². The van der Waals surface area contributed by atoms with Gasteiger partial charge in [-0.15, -0.1) is 4.91 Å². The Balaban J connectivity index is 1.79. The Kier molecular flexibility index (Phi) is 6.69. The van der Waals surface area contributed by atoms with Gasteiger partial charge in [-0.25, -0.2) is 5.43 Å². The number of phenolic OH excluding ortho intramolecular Hbond substituents is 2. The van der Waals surface area contributed by atoms with E-state index in [1.54, 1.807) is 19.1 Å². The zero-order chi connectivity index (χ0) is 23.3. The first-order valence-electron chi connectivity index (χ1n) is 9.59. The van der Waals surface area contributed by atoms with E-state index in [0.29, 0.717) is 23.3 Å². The number of benzene rings is 3. The molecule has 3 rings (SSSR count). The molecule has 0 fully saturated rings. The van der Waals surface area contributed by atoms with Crippen molar-refractivity contribution in [3.8, 4) is 23.0 Å². The third kappa shape index (κ3) is 5.39. The highest BCUT2D eigenvalue weighted by Crippen LogP contribution is 2.38. The zero-order valence-electron chi connectivity index (χ0n) is 17.4. The summed E-state index contributed by atoms with van der Waals surface area (Å²) < 4.78 is 5.83. The van der Waals surface area contributed by atoms with Gasteiger partial charge in [-0.1, -0.05) is 29.8 Å². The molecule has 0 unspecified atom stereocenters. The molecule has 0 aromatic heterocycles. The number of amides is 2. The average molecular weight is 435 g/mol. The number of ether oxygens (including phenoxy) is 1. The van der Waals surface area contributed by atoms with Crippen LogP contribution in [0.5, 0.6) is 23.0 Å². The van der Waals surface area contributed by atoms with E-state index in [9.17, 15) is 24.7 Å². The highest BCUT2D eigenvalue weighted by Gasteiger charge is 2.17. The van der Waals surface area contributed by atoms with Crippen LogP contribution in [0.2, 0.25) is 0 Å². The third-order valence-electron chi connectivity index (χ3n) is 4.65. The third-order valence-corrected chi connectivity index (χ3v) is 4.65. The van der Waals surface area contributed by atoms with Crippen LogP contribution in [0.25, 0.3) is 0 Å². The van der Waals surface area contributed by atoms with E-state index >= 15 is 0 Å². The van der Waals surface area contributed by atoms with Gasteiger partial charge in [0.15, 0.2) is 11.5 Å². The summed E-state index contributed by atoms with van der Waals surface area (Å²) in [5.74, 6) is -1.95. The molecule has 9 heteroatoms. The Hall–Kier alpha value is -4.40. The smallest absolute Gasteiger partial charge is 0.332 e. The Bertz CT molecular complexity index is 1150. The molecule has 0 radical (unpaired) electrons. The zero-order valence-corrected chi connectivity index (χ0v) is 17.4. The number of rotatable bonds is 6. The van der Waals surface area contributed by atoms with Gasteiger partial charge in [0.05, 0.1) is 5.29 Å². The summed E-state index contributed by atoms with van der Waals surface area (Å²) in [6.07, 6.45) is 0.497. The lowest BCUT2D eigenvalue weighted by atomic mass is 10.0. The SMILES string of the molecule is Cc1ccc(Cc2cc(Oc3c(C)cc(NC(=O)C(=O)NN=O)cc3O)ccc2O)cc1. The second kappa shape index (κ2) is 9.61. The molecule has 0 aliphatic carbocycles. The summed E-state index contributed by atoms with van der Waals surface area (Å²) in [4.78, 5) is 33.0. The number of hydrogen-bond donors (Lipinski definition) is 4. The number of aromatic hydroxyl groups is 2. The van der Waals surface area contributed by atoms with Gasteiger partial charge in [0, 0.05) is 23.7 Å². The maximum atomic E-state index is 11.7. The van der Waals surface area contributed by atoms with Crippen LogP contribution < -0.4 is 15.5 Å². The molecule has 0 saturated heterocycles. The minimum absolute atomic E-state index is 0.125. The largest absolute Gasteiger partial charge is 0.508 e. The van der Waals surface area contributed by atoms with Crippen LogP contribution in [0.3, 0.4) is 0 Å². The first-order chi connectivity index (χ1) is 15.3. The maximum absolute atomic E-state index is 11.7. The molecule has 0 bridgehead atoms. The molecular weight excluding hydrogens is 414 g/mol. The summed E-state index contributed by atoms with van der Waals surface area (Å²) in [6.45, 7) is 3.64. The highest BCUT2D eigenvalue weighted by atomic mass is 16.5. The van der Waals surface area contributed by atoms with E-state index in [1.165, 1.54) is 23.6 Å². The maximum Gasteiger partial charge on any atom is 0.332 e. The second-order valence-corrected chi connectivity index (χ2v) is 7.18. The van der Waals surface area contributed by atoms with E-state index < -0.39 is 11.8 Å². The number of nitrogens with one attached hydrogen (secondary N) is 2. The van der Waals surface area contributed by atoms with Crippen molar-refractivity contribution in [2.75, 3.05) is 5.32 Å². The number of aryl methyl sites for hydroxylation is 2. The second-order valence-electron chi connectivity index (χ2n) is 7.18. The van der Waals surface area contributed by atoms with Crippen LogP contribution in [0.15, 0.2) is 59.9 Å². The van der Waals surface area contributed by atoms with Gasteiger partial charge in [-0.3, -0.25) is 9.59 Å². The minimum Gasteiger partial charge on any atom is -0.508 e. The Labute approximate surface area is 183 Å². The summed E-state index contributed by atoms with van der Waals surface area (Å²) in [7, 11) is 0. The number of nitrogens with zero attached hydrogens (tertiary/aromatic N) is 1. The molecule has 0 saturated carbocycles. The van der Waals surface area contributed by atoms with Crippen molar-refractivity contribution in [1.82, 2.24) is 5.43 Å². The van der Waals surface area contributed by atoms with Crippen LogP contribution in [0, 0.1) is 18.8 Å². The molecule has 0 spiro atoms. The fourth-order valence-electron chi connectivity index (χ4n) is 3.05. The van der Waals surface area contributed by atoms with Gasteiger partial charge in [0.25, 0.3) is 0 Å². The lowest BCUT2D eigenvalue weighted by Gasteiger charge is -2.14. The van der Waals surface area contributed by atoms with Gasteiger partial charge < -0.3 is 20.3 Å². The van der Waals surface area contributed by atoms with Crippen molar-refractivity contribution in [2.45, 2.75) is 20.3 Å². The number of carbonyl (C=O) groups excluding carboxylic acids is 2. The number of anilines is 1. The Morgan fingerprint density at radius 2 is 1.66 bits per heavy atom. The molecule has 0 atom stereocenters. The van der Waals surface area contributed by atoms with Crippen LogP contribution in [-0.4, -0.2) is 22.0 Å². The normalized spacial score (nSPS) is 10.3. The van der Waals surface area contributed by atoms with Crippen LogP contribution in [0.4, 0.5) is 5.69 Å². The first-order valence-corrected chi connectivity index (χ1v) is 9.59. The van der Waals surface area contributed by atoms with Gasteiger partial charge >= 0.3 is 11.8 Å². The van der Waals surface area contributed by atoms with Crippen LogP contribution >= 0.6 is 0 Å². The lowest BCUT2D eigenvalue weighted by molar-refractivity contribution is -0.136. The van der Waals surface area contributed by atoms with Gasteiger partial charge in [-0.05, 0) is 49.2 Å². The summed E-state index contributed by atoms with van der Waals surface area (Å²) >= 11 is 0. The van der Waals surface area contributed by atoms with E-state index in [2.05, 4.69) is 10.6 Å². The predicted molar refractivity (Wildman–Crippen MR) is 118 cm³/mol. The van der Waals surface area contributed by atoms with Crippen molar-refractivity contribution in [1.29, 1.82) is 0 Å². The fourth-order valence-corrected chi connectivity index (χ4v) is 3.05. The van der Waals surface area contributed by atoms with Crippen LogP contribution in [-0.2, 0) is 16.0 Å². The molecule has 0 heterocycles. The molecule has 4 N–H and O–H groups in total. The molecule has 2 amide bonds. The van der Waals surface area contributed by atoms with Crippen molar-refractivity contribution in [3.05, 3.63) is 81.8 Å². The van der Waals surface area contributed by atoms with Crippen LogP contribution in [0.1, 0.15) is 22.3 Å². The summed E-state index contributed by atoms with van der Waals surface area (Å²) in [6, 6.07) is 15.4. The van der Waals surface area contributed by atoms with Gasteiger partial charge in [0.1, 0.15) is 11.5 Å². The monoisotopic (exact) mass is 435 g/mol. The molecular formula is C23H21N3O6. The Morgan fingerprint density at radius 1 is 0.938 bits per heavy atom. The molecule has 9 nitrogen and oxygen atoms in total. The van der Waals surface area contributed by atoms with E-state index in [-0.39, 0.29) is 22.9 Å². The highest BCUT2D eigenvalue weighted by molar-refractivity contribution is 6.39. The average Bonchev–Trinajstić information content (AvgIpc) is 2.74. The van der Waals surface area contributed by atoms with E-state index in [4.69, 9.17) is 4.74 Å². The van der Waals surface area contributed by atoms with Crippen molar-refractivity contribution in [3.63, 3.8) is 0 Å². The molecule has 3 aromatic rings. The Morgan fingerprint density at radius 3 is 2.31 bits per heavy atom. The number of carbonyl (C=O) groups is 2. The molecule has 0 aliphatic rings. The number of phenols is 2. The number of nitroso groups, excluding NO2 is 1. The minimum atomic E-state index is -1.23. The quantitative estimate of drug-likeness (QED) is 0.264. The molecule has 0 aliphatic heterocycles. The molecule has 164 valence electrons. The van der Waals surface area contributed by atoms with E-state index in [1.807, 2.05) is 31.2 Å². The summed E-state index contributed by atoms with van der Waals surface area (Å²) in [5.41, 5.74) is 4.90. The van der Waals surface area contributed by atoms with Crippen molar-refractivity contribution >= 4 is 17.5 Å². The fraction of sp³-hybridized carbons (Fsp3) is 0.130. The van der Waals surface area contributed by atoms with E-state index in [0.717, 1.165) is 11.1 Å². The van der Waals surface area contributed by atoms with Gasteiger partial charge in [0.2, 0.25) is 0 Å². The lowest BCUT2D eigenvalue weighted by Crippen LogP contribution is -2.31. The topological polar surface area (TPSA) is 137 Å². The molecule has 3 aromatic carbocycles. The molecule has 32 heavy (non-hydrogen) atoms. The van der Waals surface area contributed by atoms with Gasteiger partial charge in [-0.2, -0.15) is 0 Å². The first kappa shape index (κ1) is 22.3. The van der Waals surface area contributed by atoms with Crippen molar-refractivity contribution in [2.24, 2.45) is 5.29 Å². The standard InChI is InChI=1S/C23H21N3O6/c1-13-3-5-15(6-4-13)10-16-11-18(7-8-19(16)27)32-21-14(2)9-17(12-20(21)28)24-22(29)23(30)25-26-31/h3-9,11-12,27-28H,10H2,1-2H3,(H,24,29)(H,25,30,31). The number of hydrogen-bond acceptors (Lipinski definition) is 7.